The fraction of sp³-hybridized carbons (Fsp3) is 0.562. The lowest BCUT2D eigenvalue weighted by molar-refractivity contribution is -0.123. The first kappa shape index (κ1) is 15.7. The Morgan fingerprint density at radius 1 is 1.21 bits per heavy atom. The third kappa shape index (κ3) is 5.03. The number of nitrogens with one attached hydrogen (secondary N) is 1. The highest BCUT2D eigenvalue weighted by molar-refractivity contribution is 5.94. The standard InChI is InChI=1S/C16H26N2O/c1-11(2)14(17)10-12-6-8-13(9-7-12)18-15(19)16(3,4)5/h6-9,11,14H,10,17H2,1-5H3,(H,18,19). The quantitative estimate of drug-likeness (QED) is 0.875. The summed E-state index contributed by atoms with van der Waals surface area (Å²) in [4.78, 5) is 11.9. The SMILES string of the molecule is CC(C)C(N)Cc1ccc(NC(=O)C(C)(C)C)cc1. The molecular formula is C16H26N2O. The molecule has 0 spiro atoms. The lowest BCUT2D eigenvalue weighted by Crippen LogP contribution is -2.29. The maximum atomic E-state index is 11.9. The molecule has 0 heterocycles. The van der Waals surface area contributed by atoms with E-state index in [0.29, 0.717) is 5.92 Å². The van der Waals surface area contributed by atoms with Gasteiger partial charge in [0.05, 0.1) is 0 Å². The van der Waals surface area contributed by atoms with E-state index in [4.69, 9.17) is 5.73 Å². The highest BCUT2D eigenvalue weighted by Crippen LogP contribution is 2.18. The van der Waals surface area contributed by atoms with Crippen LogP contribution in [-0.2, 0) is 11.2 Å². The van der Waals surface area contributed by atoms with Crippen molar-refractivity contribution in [1.29, 1.82) is 0 Å². The van der Waals surface area contributed by atoms with Gasteiger partial charge in [0.15, 0.2) is 0 Å². The predicted molar refractivity (Wildman–Crippen MR) is 81.0 cm³/mol. The predicted octanol–water partition coefficient (Wildman–Crippen LogP) is 3.20. The van der Waals surface area contributed by atoms with Gasteiger partial charge in [-0.15, -0.1) is 0 Å². The molecule has 3 nitrogen and oxygen atoms in total. The molecule has 0 aliphatic carbocycles. The maximum Gasteiger partial charge on any atom is 0.229 e. The summed E-state index contributed by atoms with van der Waals surface area (Å²) in [6.07, 6.45) is 0.866. The molecule has 1 rings (SSSR count). The molecule has 1 atom stereocenters. The molecule has 1 unspecified atom stereocenters. The van der Waals surface area contributed by atoms with Crippen molar-refractivity contribution in [3.05, 3.63) is 29.8 Å². The summed E-state index contributed by atoms with van der Waals surface area (Å²) in [6.45, 7) is 9.96. The summed E-state index contributed by atoms with van der Waals surface area (Å²) in [5.74, 6) is 0.499. The zero-order chi connectivity index (χ0) is 14.6. The number of carbonyl (C=O) groups excluding carboxylic acids is 1. The maximum absolute atomic E-state index is 11.9. The number of carbonyl (C=O) groups is 1. The molecule has 0 aromatic heterocycles. The van der Waals surface area contributed by atoms with Gasteiger partial charge in [0, 0.05) is 17.1 Å². The van der Waals surface area contributed by atoms with E-state index in [1.165, 1.54) is 5.56 Å². The summed E-state index contributed by atoms with van der Waals surface area (Å²) < 4.78 is 0. The van der Waals surface area contributed by atoms with Crippen LogP contribution in [0.25, 0.3) is 0 Å². The molecular weight excluding hydrogens is 236 g/mol. The molecule has 0 aliphatic heterocycles. The van der Waals surface area contributed by atoms with Gasteiger partial charge in [-0.1, -0.05) is 46.8 Å². The Bertz CT molecular complexity index is 415. The molecule has 1 aromatic carbocycles. The van der Waals surface area contributed by atoms with E-state index in [1.807, 2.05) is 45.0 Å². The third-order valence-corrected chi connectivity index (χ3v) is 3.22. The van der Waals surface area contributed by atoms with Gasteiger partial charge in [-0.2, -0.15) is 0 Å². The Labute approximate surface area is 116 Å². The van der Waals surface area contributed by atoms with Crippen molar-refractivity contribution in [3.8, 4) is 0 Å². The smallest absolute Gasteiger partial charge is 0.229 e. The number of rotatable bonds is 4. The van der Waals surface area contributed by atoms with Crippen LogP contribution < -0.4 is 11.1 Å². The second-order valence-electron chi connectivity index (χ2n) is 6.51. The van der Waals surface area contributed by atoms with E-state index < -0.39 is 0 Å². The Hall–Kier alpha value is -1.35. The van der Waals surface area contributed by atoms with E-state index in [2.05, 4.69) is 19.2 Å². The molecule has 0 saturated carbocycles. The van der Waals surface area contributed by atoms with Crippen LogP contribution in [0, 0.1) is 11.3 Å². The van der Waals surface area contributed by atoms with Crippen molar-refractivity contribution in [2.24, 2.45) is 17.1 Å². The zero-order valence-corrected chi connectivity index (χ0v) is 12.7. The van der Waals surface area contributed by atoms with Gasteiger partial charge < -0.3 is 11.1 Å². The molecule has 0 aliphatic rings. The first-order chi connectivity index (χ1) is 8.70. The normalized spacial score (nSPS) is 13.4. The Kier molecular flexibility index (Phi) is 5.12. The Morgan fingerprint density at radius 2 is 1.74 bits per heavy atom. The molecule has 0 bridgehead atoms. The average Bonchev–Trinajstić information content (AvgIpc) is 2.30. The number of nitrogens with two attached hydrogens (primary N) is 1. The van der Waals surface area contributed by atoms with E-state index >= 15 is 0 Å². The largest absolute Gasteiger partial charge is 0.327 e. The molecule has 3 N–H and O–H groups in total. The van der Waals surface area contributed by atoms with Gasteiger partial charge in [0.25, 0.3) is 0 Å². The summed E-state index contributed by atoms with van der Waals surface area (Å²) in [7, 11) is 0. The van der Waals surface area contributed by atoms with Crippen LogP contribution in [0.5, 0.6) is 0 Å². The third-order valence-electron chi connectivity index (χ3n) is 3.22. The van der Waals surface area contributed by atoms with Gasteiger partial charge in [-0.05, 0) is 30.0 Å². The summed E-state index contributed by atoms with van der Waals surface area (Å²) in [5.41, 5.74) is 7.72. The minimum absolute atomic E-state index is 0.0270. The van der Waals surface area contributed by atoms with Crippen molar-refractivity contribution < 1.29 is 4.79 Å². The minimum Gasteiger partial charge on any atom is -0.327 e. The molecule has 106 valence electrons. The molecule has 0 radical (unpaired) electrons. The Morgan fingerprint density at radius 3 is 2.16 bits per heavy atom. The van der Waals surface area contributed by atoms with Gasteiger partial charge in [0.1, 0.15) is 0 Å². The van der Waals surface area contributed by atoms with Gasteiger partial charge in [-0.3, -0.25) is 4.79 Å². The lowest BCUT2D eigenvalue weighted by Gasteiger charge is -2.18. The van der Waals surface area contributed by atoms with Gasteiger partial charge in [-0.25, -0.2) is 0 Å². The van der Waals surface area contributed by atoms with Crippen LogP contribution in [0.1, 0.15) is 40.2 Å². The van der Waals surface area contributed by atoms with Crippen LogP contribution in [-0.4, -0.2) is 11.9 Å². The van der Waals surface area contributed by atoms with Crippen molar-refractivity contribution in [3.63, 3.8) is 0 Å². The summed E-state index contributed by atoms with van der Waals surface area (Å²) in [6, 6.07) is 8.11. The molecule has 0 saturated heterocycles. The highest BCUT2D eigenvalue weighted by Gasteiger charge is 2.21. The second kappa shape index (κ2) is 6.20. The average molecular weight is 262 g/mol. The second-order valence-corrected chi connectivity index (χ2v) is 6.51. The summed E-state index contributed by atoms with van der Waals surface area (Å²) >= 11 is 0. The van der Waals surface area contributed by atoms with E-state index in [1.54, 1.807) is 0 Å². The number of amides is 1. The number of anilines is 1. The Balaban J connectivity index is 2.64. The molecule has 1 amide bonds. The van der Waals surface area contributed by atoms with Crippen LogP contribution in [0.3, 0.4) is 0 Å². The molecule has 3 heteroatoms. The monoisotopic (exact) mass is 262 g/mol. The van der Waals surface area contributed by atoms with Crippen LogP contribution in [0.15, 0.2) is 24.3 Å². The van der Waals surface area contributed by atoms with Crippen molar-refractivity contribution >= 4 is 11.6 Å². The highest BCUT2D eigenvalue weighted by atomic mass is 16.2. The van der Waals surface area contributed by atoms with Gasteiger partial charge >= 0.3 is 0 Å². The number of benzene rings is 1. The van der Waals surface area contributed by atoms with Crippen molar-refractivity contribution in [2.75, 3.05) is 5.32 Å². The first-order valence-corrected chi connectivity index (χ1v) is 6.86. The topological polar surface area (TPSA) is 55.1 Å². The van der Waals surface area contributed by atoms with Crippen molar-refractivity contribution in [1.82, 2.24) is 0 Å². The first-order valence-electron chi connectivity index (χ1n) is 6.86. The van der Waals surface area contributed by atoms with Crippen LogP contribution in [0.4, 0.5) is 5.69 Å². The zero-order valence-electron chi connectivity index (χ0n) is 12.7. The molecule has 19 heavy (non-hydrogen) atoms. The van der Waals surface area contributed by atoms with E-state index in [-0.39, 0.29) is 17.4 Å². The number of hydrogen-bond donors (Lipinski definition) is 2. The van der Waals surface area contributed by atoms with E-state index in [9.17, 15) is 4.79 Å². The fourth-order valence-corrected chi connectivity index (χ4v) is 1.55. The summed E-state index contributed by atoms with van der Waals surface area (Å²) in [5, 5.41) is 2.91. The van der Waals surface area contributed by atoms with Gasteiger partial charge in [0.2, 0.25) is 5.91 Å². The number of hydrogen-bond acceptors (Lipinski definition) is 2. The van der Waals surface area contributed by atoms with Crippen LogP contribution in [0.2, 0.25) is 0 Å². The van der Waals surface area contributed by atoms with Crippen molar-refractivity contribution in [2.45, 2.75) is 47.1 Å². The minimum atomic E-state index is -0.376. The van der Waals surface area contributed by atoms with E-state index in [0.717, 1.165) is 12.1 Å². The molecule has 1 aromatic rings. The fourth-order valence-electron chi connectivity index (χ4n) is 1.55. The lowest BCUT2D eigenvalue weighted by atomic mass is 9.95. The molecule has 0 fully saturated rings. The van der Waals surface area contributed by atoms with Crippen LogP contribution >= 0.6 is 0 Å².